The van der Waals surface area contributed by atoms with Gasteiger partial charge in [-0.2, -0.15) is 0 Å². The van der Waals surface area contributed by atoms with E-state index in [1.54, 1.807) is 4.90 Å². The highest BCUT2D eigenvalue weighted by Gasteiger charge is 2.60. The Labute approximate surface area is 240 Å². The molecule has 41 heavy (non-hydrogen) atoms. The standard InChI is InChI=1S/C25H35N9O6S/c1-13(7-15(35)10-33-12-28-29-30-33)19-20-14(2)22(21(25(39)40)34(20)24(19)38)41-16-8-17(27-9-16)23(37)32-5-3-31(4-6-32)11-18(26)36/h12-14,16-17,19-20,27H,3-11H2,1-2H3,(H2,26,36)(H,39,40)/t13-,14+,16-,17-,19+,20+/m0/s1. The fourth-order valence-electron chi connectivity index (χ4n) is 6.48. The number of rotatable bonds is 11. The van der Waals surface area contributed by atoms with Crippen LogP contribution in [0.1, 0.15) is 26.7 Å². The van der Waals surface area contributed by atoms with Crippen molar-refractivity contribution in [3.63, 3.8) is 0 Å². The lowest BCUT2D eigenvalue weighted by Gasteiger charge is -2.47. The highest BCUT2D eigenvalue weighted by Crippen LogP contribution is 2.53. The summed E-state index contributed by atoms with van der Waals surface area (Å²) in [6.45, 7) is 6.71. The number of nitrogens with zero attached hydrogens (tertiary/aromatic N) is 7. The first-order chi connectivity index (χ1) is 19.5. The van der Waals surface area contributed by atoms with Crippen molar-refractivity contribution >= 4 is 41.2 Å². The largest absolute Gasteiger partial charge is 0.477 e. The highest BCUT2D eigenvalue weighted by molar-refractivity contribution is 8.03. The number of hydrogen-bond donors (Lipinski definition) is 3. The number of ketones is 1. The van der Waals surface area contributed by atoms with Gasteiger partial charge in [0.25, 0.3) is 0 Å². The number of primary amides is 1. The molecule has 16 heteroatoms. The maximum atomic E-state index is 13.2. The zero-order chi connectivity index (χ0) is 29.4. The van der Waals surface area contributed by atoms with Crippen LogP contribution in [-0.4, -0.2) is 126 Å². The number of piperazine rings is 1. The van der Waals surface area contributed by atoms with Crippen LogP contribution in [0.3, 0.4) is 0 Å². The molecule has 6 atom stereocenters. The summed E-state index contributed by atoms with van der Waals surface area (Å²) in [6.07, 6.45) is 2.05. The number of tetrazole rings is 1. The number of hydrogen-bond acceptors (Lipinski definition) is 11. The van der Waals surface area contributed by atoms with Gasteiger partial charge in [0.2, 0.25) is 17.7 Å². The van der Waals surface area contributed by atoms with Gasteiger partial charge in [-0.05, 0) is 22.8 Å². The maximum Gasteiger partial charge on any atom is 0.353 e. The molecule has 0 aliphatic carbocycles. The van der Waals surface area contributed by atoms with Crippen LogP contribution in [0.15, 0.2) is 16.9 Å². The molecule has 15 nitrogen and oxygen atoms in total. The first-order valence-electron chi connectivity index (χ1n) is 13.8. The molecular formula is C25H35N9O6S. The fraction of sp³-hybridized carbons (Fsp3) is 0.680. The SMILES string of the molecule is C[C@@H](CC(=O)Cn1cnnn1)[C@H]1C(=O)N2C(C(=O)O)=C(S[C@@H]3CN[C@H](C(=O)N4CCN(CC(N)=O)CC4)C3)[C@H](C)[C@H]12. The van der Waals surface area contributed by atoms with Crippen molar-refractivity contribution in [1.29, 1.82) is 0 Å². The van der Waals surface area contributed by atoms with Crippen LogP contribution in [0.5, 0.6) is 0 Å². The first kappa shape index (κ1) is 29.1. The van der Waals surface area contributed by atoms with Crippen molar-refractivity contribution in [1.82, 2.24) is 40.2 Å². The molecule has 0 aromatic carbocycles. The Morgan fingerprint density at radius 2 is 1.93 bits per heavy atom. The molecule has 3 saturated heterocycles. The lowest BCUT2D eigenvalue weighted by Crippen LogP contribution is -2.62. The zero-order valence-corrected chi connectivity index (χ0v) is 23.8. The number of carbonyl (C=O) groups is 5. The Kier molecular flexibility index (Phi) is 8.42. The molecule has 1 aromatic heterocycles. The summed E-state index contributed by atoms with van der Waals surface area (Å²) in [7, 11) is 0. The molecular weight excluding hydrogens is 554 g/mol. The van der Waals surface area contributed by atoms with Crippen LogP contribution in [-0.2, 0) is 30.5 Å². The third-order valence-corrected chi connectivity index (χ3v) is 9.94. The predicted octanol–water partition coefficient (Wildman–Crippen LogP) is -1.87. The van der Waals surface area contributed by atoms with Gasteiger partial charge in [-0.15, -0.1) is 16.9 Å². The molecule has 0 unspecified atom stereocenters. The van der Waals surface area contributed by atoms with Gasteiger partial charge in [-0.3, -0.25) is 24.1 Å². The normalized spacial score (nSPS) is 28.9. The van der Waals surface area contributed by atoms with E-state index in [-0.39, 0.29) is 77.9 Å². The monoisotopic (exact) mass is 589 g/mol. The molecule has 3 amide bonds. The number of fused-ring (bicyclic) bond motifs is 1. The van der Waals surface area contributed by atoms with Crippen LogP contribution in [0, 0.1) is 17.8 Å². The third kappa shape index (κ3) is 5.85. The van der Waals surface area contributed by atoms with E-state index in [1.807, 2.05) is 18.7 Å². The smallest absolute Gasteiger partial charge is 0.353 e. The lowest BCUT2D eigenvalue weighted by atomic mass is 9.73. The number of Topliss-reactive ketones (excluding diaryl/α,β-unsaturated/α-hetero) is 1. The van der Waals surface area contributed by atoms with E-state index in [2.05, 4.69) is 20.8 Å². The van der Waals surface area contributed by atoms with Crippen LogP contribution in [0.2, 0.25) is 0 Å². The molecule has 1 aromatic rings. The van der Waals surface area contributed by atoms with Crippen molar-refractivity contribution in [3.8, 4) is 0 Å². The van der Waals surface area contributed by atoms with Crippen LogP contribution in [0.25, 0.3) is 0 Å². The number of nitrogens with one attached hydrogen (secondary N) is 1. The minimum absolute atomic E-state index is 0.00189. The molecule has 0 radical (unpaired) electrons. The summed E-state index contributed by atoms with van der Waals surface area (Å²) in [5, 5.41) is 24.1. The Hall–Kier alpha value is -3.37. The third-order valence-electron chi connectivity index (χ3n) is 8.43. The predicted molar refractivity (Wildman–Crippen MR) is 145 cm³/mol. The summed E-state index contributed by atoms with van der Waals surface area (Å²) in [5.74, 6) is -2.86. The number of aliphatic carboxylic acids is 1. The average Bonchev–Trinajstić information content (AvgIpc) is 3.64. The molecule has 4 N–H and O–H groups in total. The number of thioether (sulfide) groups is 1. The van der Waals surface area contributed by atoms with Crippen molar-refractivity contribution in [3.05, 3.63) is 16.9 Å². The second-order valence-electron chi connectivity index (χ2n) is 11.3. The van der Waals surface area contributed by atoms with Gasteiger partial charge >= 0.3 is 5.97 Å². The molecule has 5 heterocycles. The summed E-state index contributed by atoms with van der Waals surface area (Å²) >= 11 is 1.43. The molecule has 5 rings (SSSR count). The molecule has 222 valence electrons. The molecule has 0 bridgehead atoms. The molecule has 4 aliphatic heterocycles. The summed E-state index contributed by atoms with van der Waals surface area (Å²) in [5.41, 5.74) is 5.29. The minimum atomic E-state index is -1.15. The number of aromatic nitrogens is 4. The second-order valence-corrected chi connectivity index (χ2v) is 12.6. The number of carboxylic acids is 1. The Morgan fingerprint density at radius 1 is 1.20 bits per heavy atom. The Morgan fingerprint density at radius 3 is 2.56 bits per heavy atom. The number of carbonyl (C=O) groups excluding carboxylic acids is 4. The van der Waals surface area contributed by atoms with Crippen LogP contribution < -0.4 is 11.1 Å². The number of amides is 3. The van der Waals surface area contributed by atoms with E-state index in [1.165, 1.54) is 27.7 Å². The van der Waals surface area contributed by atoms with Gasteiger partial charge < -0.3 is 26.0 Å². The Balaban J connectivity index is 1.19. The van der Waals surface area contributed by atoms with E-state index in [9.17, 15) is 29.1 Å². The van der Waals surface area contributed by atoms with Crippen molar-refractivity contribution < 1.29 is 29.1 Å². The molecule has 0 saturated carbocycles. The molecule has 3 fully saturated rings. The minimum Gasteiger partial charge on any atom is -0.477 e. The zero-order valence-electron chi connectivity index (χ0n) is 23.0. The van der Waals surface area contributed by atoms with Crippen molar-refractivity contribution in [2.24, 2.45) is 23.5 Å². The molecule has 0 spiro atoms. The van der Waals surface area contributed by atoms with Gasteiger partial charge in [0.05, 0.1) is 24.5 Å². The van der Waals surface area contributed by atoms with Gasteiger partial charge in [0.15, 0.2) is 5.78 Å². The van der Waals surface area contributed by atoms with E-state index in [0.29, 0.717) is 44.0 Å². The summed E-state index contributed by atoms with van der Waals surface area (Å²) in [6, 6.07) is -0.700. The quantitative estimate of drug-likeness (QED) is 0.244. The van der Waals surface area contributed by atoms with Crippen molar-refractivity contribution in [2.45, 2.75) is 50.6 Å². The van der Waals surface area contributed by atoms with E-state index in [0.717, 1.165) is 0 Å². The van der Waals surface area contributed by atoms with E-state index < -0.39 is 11.9 Å². The van der Waals surface area contributed by atoms with Gasteiger partial charge in [-0.25, -0.2) is 9.48 Å². The topological polar surface area (TPSA) is 197 Å². The lowest BCUT2D eigenvalue weighted by molar-refractivity contribution is -0.160. The van der Waals surface area contributed by atoms with E-state index >= 15 is 0 Å². The summed E-state index contributed by atoms with van der Waals surface area (Å²) < 4.78 is 1.33. The summed E-state index contributed by atoms with van der Waals surface area (Å²) in [4.78, 5) is 68.2. The average molecular weight is 590 g/mol. The fourth-order valence-corrected chi connectivity index (χ4v) is 7.96. The Bertz CT molecular complexity index is 1250. The van der Waals surface area contributed by atoms with Gasteiger partial charge in [-0.1, -0.05) is 13.8 Å². The van der Waals surface area contributed by atoms with Gasteiger partial charge in [0, 0.05) is 55.2 Å². The molecule has 4 aliphatic rings. The van der Waals surface area contributed by atoms with Crippen LogP contribution >= 0.6 is 11.8 Å². The number of β-lactam (4-membered cyclic amide) rings is 1. The van der Waals surface area contributed by atoms with E-state index in [4.69, 9.17) is 5.73 Å². The number of nitrogens with two attached hydrogens (primary N) is 1. The van der Waals surface area contributed by atoms with Crippen LogP contribution in [0.4, 0.5) is 0 Å². The highest BCUT2D eigenvalue weighted by atomic mass is 32.2. The maximum absolute atomic E-state index is 13.2. The second kappa shape index (κ2) is 11.9. The van der Waals surface area contributed by atoms with Crippen molar-refractivity contribution in [2.75, 3.05) is 39.3 Å². The van der Waals surface area contributed by atoms with Gasteiger partial charge in [0.1, 0.15) is 18.6 Å². The number of carboxylic acid groups (broad SMARTS) is 1. The first-order valence-corrected chi connectivity index (χ1v) is 14.7.